The van der Waals surface area contributed by atoms with Crippen LogP contribution >= 0.6 is 12.4 Å². The number of benzene rings is 2. The van der Waals surface area contributed by atoms with Gasteiger partial charge in [0.2, 0.25) is 23.8 Å². The maximum absolute atomic E-state index is 12.6. The van der Waals surface area contributed by atoms with E-state index < -0.39 is 0 Å². The Kier molecular flexibility index (Phi) is 16.8. The highest BCUT2D eigenvalue weighted by atomic mass is 35.5. The number of anilines is 5. The Morgan fingerprint density at radius 3 is 1.67 bits per heavy atom. The van der Waals surface area contributed by atoms with Crippen LogP contribution in [0.15, 0.2) is 54.6 Å². The fraction of sp³-hybridized carbons (Fsp3) is 0.393. The second-order valence-electron chi connectivity index (χ2n) is 9.57. The monoisotopic (exact) mass is 611 g/mol. The molecule has 13 nitrogen and oxygen atoms in total. The molecular formula is C28H54ClN11O2. The maximum Gasteiger partial charge on any atom is 0.233 e. The number of hydrogen-bond donors (Lipinski definition) is 6. The second kappa shape index (κ2) is 18.5. The summed E-state index contributed by atoms with van der Waals surface area (Å²) in [6.45, 7) is 3.82. The zero-order valence-corrected chi connectivity index (χ0v) is 25.1. The fourth-order valence-corrected chi connectivity index (χ4v) is 4.72. The molecular weight excluding hydrogens is 558 g/mol. The van der Waals surface area contributed by atoms with E-state index in [2.05, 4.69) is 20.4 Å². The number of rotatable bonds is 8. The van der Waals surface area contributed by atoms with Crippen molar-refractivity contribution >= 4 is 53.3 Å². The van der Waals surface area contributed by atoms with Crippen molar-refractivity contribution in [1.82, 2.24) is 39.6 Å². The molecule has 2 fully saturated rings. The van der Waals surface area contributed by atoms with Gasteiger partial charge in [0.05, 0.1) is 6.42 Å². The van der Waals surface area contributed by atoms with E-state index >= 15 is 0 Å². The highest BCUT2D eigenvalue weighted by molar-refractivity contribution is 6.11. The summed E-state index contributed by atoms with van der Waals surface area (Å²) in [5, 5.41) is 6.04. The highest BCUT2D eigenvalue weighted by Gasteiger charge is 2.20. The van der Waals surface area contributed by atoms with Crippen LogP contribution in [0.2, 0.25) is 0 Å². The van der Waals surface area contributed by atoms with Crippen LogP contribution < -0.4 is 45.0 Å². The third-order valence-corrected chi connectivity index (χ3v) is 6.73. The predicted octanol–water partition coefficient (Wildman–Crippen LogP) is 6.86. The number of aromatic nitrogens is 3. The Bertz CT molecular complexity index is 1200. The van der Waals surface area contributed by atoms with Crippen molar-refractivity contribution < 1.29 is 15.3 Å². The Morgan fingerprint density at radius 2 is 1.17 bits per heavy atom. The zero-order chi connectivity index (χ0) is 25.5. The molecule has 0 radical (unpaired) electrons. The van der Waals surface area contributed by atoms with Crippen LogP contribution in [0.25, 0.3) is 0 Å². The van der Waals surface area contributed by atoms with Gasteiger partial charge in [-0.2, -0.15) is 15.0 Å². The predicted molar refractivity (Wildman–Crippen MR) is 181 cm³/mol. The van der Waals surface area contributed by atoms with E-state index in [-0.39, 0.29) is 60.8 Å². The molecule has 3 heterocycles. The quantitative estimate of drug-likeness (QED) is 0.113. The van der Waals surface area contributed by atoms with E-state index in [0.29, 0.717) is 29.1 Å². The van der Waals surface area contributed by atoms with Crippen molar-refractivity contribution in [3.8, 4) is 0 Å². The van der Waals surface area contributed by atoms with E-state index in [1.54, 1.807) is 24.3 Å². The summed E-state index contributed by atoms with van der Waals surface area (Å²) in [4.78, 5) is 43.7. The number of nitrogens with zero attached hydrogens (tertiary/aromatic N) is 5. The minimum absolute atomic E-state index is 0. The number of carbonyl (C=O) groups is 2. The molecule has 42 heavy (non-hydrogen) atoms. The van der Waals surface area contributed by atoms with Crippen molar-refractivity contribution in [2.75, 3.05) is 46.6 Å². The lowest BCUT2D eigenvalue weighted by Crippen LogP contribution is -2.34. The van der Waals surface area contributed by atoms with Gasteiger partial charge in [-0.05, 0) is 74.9 Å². The molecule has 1 aromatic heterocycles. The maximum atomic E-state index is 12.6. The summed E-state index contributed by atoms with van der Waals surface area (Å²) in [6.07, 6.45) is 6.85. The van der Waals surface area contributed by atoms with Crippen LogP contribution in [0.5, 0.6) is 0 Å². The van der Waals surface area contributed by atoms with Crippen LogP contribution in [-0.2, 0) is 4.79 Å². The molecule has 0 spiro atoms. The van der Waals surface area contributed by atoms with Crippen molar-refractivity contribution in [3.63, 3.8) is 0 Å². The Balaban J connectivity index is -0.000000623. The van der Waals surface area contributed by atoms with E-state index in [0.717, 1.165) is 57.5 Å². The van der Waals surface area contributed by atoms with Crippen LogP contribution in [0.3, 0.4) is 0 Å². The molecule has 0 unspecified atom stereocenters. The second-order valence-corrected chi connectivity index (χ2v) is 9.57. The van der Waals surface area contributed by atoms with Gasteiger partial charge < -0.3 is 45.0 Å². The third-order valence-electron chi connectivity index (χ3n) is 6.73. The normalized spacial score (nSPS) is 13.9. The number of nitrogens with one attached hydrogen (secondary N) is 2. The standard InChI is InChI=1S/C28H33N7O2.ClH.4H3N.4H2/c36-24(20-25(37)29-22-10-4-1-5-11-22)21-12-14-23(15-13-21)30-26-31-27(34-16-6-2-7-17-34)33-28(32-26)35-18-8-3-9-19-35;;;;;;;;;/h1,4-5,10-15H,2-3,6-9,16-20H2,(H,29,37)(H,30,31,32,33);1H;4*1H3;4*1H. The summed E-state index contributed by atoms with van der Waals surface area (Å²) < 4.78 is 0. The van der Waals surface area contributed by atoms with Gasteiger partial charge >= 0.3 is 0 Å². The first-order valence-corrected chi connectivity index (χ1v) is 13.2. The number of carbonyl (C=O) groups excluding carboxylic acids is 2. The molecule has 0 atom stereocenters. The van der Waals surface area contributed by atoms with E-state index in [1.165, 1.54) is 12.8 Å². The topological polar surface area (TPSA) is 243 Å². The number of para-hydroxylation sites is 1. The largest absolute Gasteiger partial charge is 0.344 e. The van der Waals surface area contributed by atoms with Crippen molar-refractivity contribution in [3.05, 3.63) is 60.2 Å². The number of ketones is 1. The molecule has 240 valence electrons. The molecule has 2 saturated heterocycles. The minimum atomic E-state index is -0.334. The van der Waals surface area contributed by atoms with Crippen molar-refractivity contribution in [2.24, 2.45) is 0 Å². The van der Waals surface area contributed by atoms with E-state index in [4.69, 9.17) is 15.0 Å². The number of Topliss-reactive ketones (excluding diaryl/α,β-unsaturated/α-hetero) is 1. The van der Waals surface area contributed by atoms with Gasteiger partial charge in [0.25, 0.3) is 0 Å². The first-order chi connectivity index (χ1) is 18.1. The molecule has 2 aromatic carbocycles. The van der Waals surface area contributed by atoms with Crippen LogP contribution in [0.4, 0.5) is 29.2 Å². The highest BCUT2D eigenvalue weighted by Crippen LogP contribution is 2.24. The molecule has 2 aliphatic heterocycles. The average molecular weight is 612 g/mol. The molecule has 14 heteroatoms. The van der Waals surface area contributed by atoms with Gasteiger partial charge in [-0.15, -0.1) is 12.4 Å². The molecule has 1 amide bonds. The minimum Gasteiger partial charge on any atom is -0.344 e. The first-order valence-electron chi connectivity index (χ1n) is 13.2. The van der Waals surface area contributed by atoms with Crippen molar-refractivity contribution in [2.45, 2.75) is 44.9 Å². The molecule has 0 bridgehead atoms. The summed E-state index contributed by atoms with van der Waals surface area (Å²) in [5.41, 5.74) is 1.92. The molecule has 0 aliphatic carbocycles. The Hall–Kier alpha value is -3.88. The number of hydrogen-bond acceptors (Lipinski definition) is 12. The number of amides is 1. The Labute approximate surface area is 260 Å². The lowest BCUT2D eigenvalue weighted by Gasteiger charge is -2.30. The molecule has 14 N–H and O–H groups in total. The molecule has 5 rings (SSSR count). The summed E-state index contributed by atoms with van der Waals surface area (Å²) >= 11 is 0. The van der Waals surface area contributed by atoms with Gasteiger partial charge in [0.1, 0.15) is 0 Å². The van der Waals surface area contributed by atoms with Gasteiger partial charge in [-0.3, -0.25) is 9.59 Å². The van der Waals surface area contributed by atoms with Crippen LogP contribution in [0.1, 0.15) is 61.0 Å². The van der Waals surface area contributed by atoms with Crippen LogP contribution in [-0.4, -0.2) is 52.8 Å². The smallest absolute Gasteiger partial charge is 0.233 e. The van der Waals surface area contributed by atoms with Gasteiger partial charge in [0.15, 0.2) is 5.78 Å². The summed E-state index contributed by atoms with van der Waals surface area (Å²) in [7, 11) is 0. The fourth-order valence-electron chi connectivity index (χ4n) is 4.72. The zero-order valence-electron chi connectivity index (χ0n) is 24.3. The van der Waals surface area contributed by atoms with Gasteiger partial charge in [-0.1, -0.05) is 18.2 Å². The van der Waals surface area contributed by atoms with Gasteiger partial charge in [-0.25, -0.2) is 0 Å². The number of piperidine rings is 2. The Morgan fingerprint density at radius 1 is 0.667 bits per heavy atom. The van der Waals surface area contributed by atoms with Crippen LogP contribution in [0, 0.1) is 0 Å². The molecule has 0 saturated carbocycles. The average Bonchev–Trinajstić information content (AvgIpc) is 2.95. The third kappa shape index (κ3) is 10.2. The number of halogens is 1. The van der Waals surface area contributed by atoms with Gasteiger partial charge in [0, 0.05) is 48.8 Å². The molecule has 3 aromatic rings. The lowest BCUT2D eigenvalue weighted by atomic mass is 10.1. The summed E-state index contributed by atoms with van der Waals surface area (Å²) in [5.74, 6) is 1.36. The van der Waals surface area contributed by atoms with Crippen molar-refractivity contribution in [1.29, 1.82) is 0 Å². The SMILES string of the molecule is Cl.N.N.N.N.O=C(CC(=O)c1ccc(Nc2nc(N3CCCCC3)nc(N3CCCCC3)n2)cc1)Nc1ccccc1.[HH].[HH].[HH].[HH]. The molecule has 2 aliphatic rings. The summed E-state index contributed by atoms with van der Waals surface area (Å²) in [6, 6.07) is 16.2. The first kappa shape index (κ1) is 38.1. The van der Waals surface area contributed by atoms with E-state index in [9.17, 15) is 9.59 Å². The van der Waals surface area contributed by atoms with E-state index in [1.807, 2.05) is 30.3 Å². The lowest BCUT2D eigenvalue weighted by molar-refractivity contribution is -0.115.